The zero-order valence-corrected chi connectivity index (χ0v) is 14.5. The third-order valence-corrected chi connectivity index (χ3v) is 5.24. The van der Waals surface area contributed by atoms with Gasteiger partial charge >= 0.3 is 0 Å². The van der Waals surface area contributed by atoms with Crippen LogP contribution in [0.1, 0.15) is 70.5 Å². The van der Waals surface area contributed by atoms with Crippen molar-refractivity contribution in [2.75, 3.05) is 7.05 Å². The molecular formula is C21H23NO2. The molecule has 0 saturated heterocycles. The predicted molar refractivity (Wildman–Crippen MR) is 95.7 cm³/mol. The molecule has 24 heavy (non-hydrogen) atoms. The molecule has 2 aromatic rings. The van der Waals surface area contributed by atoms with Crippen molar-refractivity contribution in [2.45, 2.75) is 38.6 Å². The number of nitrogens with one attached hydrogen (secondary N) is 1. The van der Waals surface area contributed by atoms with E-state index in [0.29, 0.717) is 22.3 Å². The van der Waals surface area contributed by atoms with Gasteiger partial charge in [-0.3, -0.25) is 9.59 Å². The van der Waals surface area contributed by atoms with E-state index in [1.807, 2.05) is 25.2 Å². The van der Waals surface area contributed by atoms with Gasteiger partial charge in [0.2, 0.25) is 0 Å². The summed E-state index contributed by atoms with van der Waals surface area (Å²) in [6.07, 6.45) is 2.95. The van der Waals surface area contributed by atoms with E-state index in [-0.39, 0.29) is 17.1 Å². The molecule has 0 aliphatic heterocycles. The number of fused-ring (bicyclic) bond motifs is 2. The monoisotopic (exact) mass is 321 g/mol. The van der Waals surface area contributed by atoms with Crippen LogP contribution in [0.15, 0.2) is 42.5 Å². The summed E-state index contributed by atoms with van der Waals surface area (Å²) in [6, 6.07) is 12.8. The van der Waals surface area contributed by atoms with Crippen molar-refractivity contribution in [1.29, 1.82) is 0 Å². The standard InChI is InChI=1S/C21H23NO2/c1-4-12-21(5-2,22-3)14-10-11-17-18(13-14)20(24)16-9-7-6-8-15(16)19(17)23/h6-11,13,22H,4-5,12H2,1-3H3. The molecule has 0 fully saturated rings. The van der Waals surface area contributed by atoms with Crippen LogP contribution in [0.4, 0.5) is 0 Å². The zero-order chi connectivity index (χ0) is 17.3. The van der Waals surface area contributed by atoms with Gasteiger partial charge in [-0.05, 0) is 37.6 Å². The molecule has 0 radical (unpaired) electrons. The van der Waals surface area contributed by atoms with Crippen LogP contribution >= 0.6 is 0 Å². The van der Waals surface area contributed by atoms with Gasteiger partial charge in [-0.1, -0.05) is 50.6 Å². The summed E-state index contributed by atoms with van der Waals surface area (Å²) in [7, 11) is 1.96. The van der Waals surface area contributed by atoms with Gasteiger partial charge in [0.15, 0.2) is 11.6 Å². The lowest BCUT2D eigenvalue weighted by atomic mass is 9.78. The van der Waals surface area contributed by atoms with Crippen LogP contribution < -0.4 is 5.32 Å². The van der Waals surface area contributed by atoms with Gasteiger partial charge in [0.1, 0.15) is 0 Å². The van der Waals surface area contributed by atoms with Crippen molar-refractivity contribution in [2.24, 2.45) is 0 Å². The van der Waals surface area contributed by atoms with E-state index in [4.69, 9.17) is 0 Å². The number of carbonyl (C=O) groups excluding carboxylic acids is 2. The maximum absolute atomic E-state index is 12.9. The number of ketones is 2. The predicted octanol–water partition coefficient (Wildman–Crippen LogP) is 4.09. The summed E-state index contributed by atoms with van der Waals surface area (Å²) in [4.78, 5) is 25.6. The first-order valence-electron chi connectivity index (χ1n) is 8.59. The fourth-order valence-electron chi connectivity index (χ4n) is 3.80. The van der Waals surface area contributed by atoms with Gasteiger partial charge in [-0.15, -0.1) is 0 Å². The molecule has 0 amide bonds. The molecule has 0 bridgehead atoms. The van der Waals surface area contributed by atoms with E-state index in [2.05, 4.69) is 19.2 Å². The molecule has 0 aromatic heterocycles. The van der Waals surface area contributed by atoms with Gasteiger partial charge in [-0.25, -0.2) is 0 Å². The molecule has 1 atom stereocenters. The normalized spacial score (nSPS) is 15.6. The zero-order valence-electron chi connectivity index (χ0n) is 14.5. The van der Waals surface area contributed by atoms with E-state index in [9.17, 15) is 9.59 Å². The highest BCUT2D eigenvalue weighted by molar-refractivity contribution is 6.28. The second-order valence-electron chi connectivity index (χ2n) is 6.40. The lowest BCUT2D eigenvalue weighted by Gasteiger charge is -2.34. The molecule has 3 heteroatoms. The molecule has 3 nitrogen and oxygen atoms in total. The fraction of sp³-hybridized carbons (Fsp3) is 0.333. The van der Waals surface area contributed by atoms with Gasteiger partial charge in [0.25, 0.3) is 0 Å². The Hall–Kier alpha value is -2.26. The second kappa shape index (κ2) is 6.33. The first-order valence-corrected chi connectivity index (χ1v) is 8.59. The molecule has 1 N–H and O–H groups in total. The third kappa shape index (κ3) is 2.40. The Kier molecular flexibility index (Phi) is 4.37. The maximum Gasteiger partial charge on any atom is 0.194 e. The van der Waals surface area contributed by atoms with Crippen molar-refractivity contribution in [3.63, 3.8) is 0 Å². The SMILES string of the molecule is CCCC(CC)(NC)c1ccc2c(c1)C(=O)c1ccccc1C2=O. The van der Waals surface area contributed by atoms with Crippen molar-refractivity contribution in [3.05, 3.63) is 70.3 Å². The molecule has 124 valence electrons. The van der Waals surface area contributed by atoms with E-state index in [0.717, 1.165) is 24.8 Å². The molecule has 0 spiro atoms. The first-order chi connectivity index (χ1) is 11.6. The number of rotatable bonds is 5. The van der Waals surface area contributed by atoms with Crippen LogP contribution in [-0.4, -0.2) is 18.6 Å². The molecule has 2 aromatic carbocycles. The molecule has 1 aliphatic rings. The quantitative estimate of drug-likeness (QED) is 0.770. The van der Waals surface area contributed by atoms with E-state index in [1.165, 1.54) is 0 Å². The molecule has 1 aliphatic carbocycles. The number of carbonyl (C=O) groups is 2. The molecule has 3 rings (SSSR count). The lowest BCUT2D eigenvalue weighted by molar-refractivity contribution is 0.0979. The molecule has 0 saturated carbocycles. The smallest absolute Gasteiger partial charge is 0.194 e. The highest BCUT2D eigenvalue weighted by Crippen LogP contribution is 2.34. The summed E-state index contributed by atoms with van der Waals surface area (Å²) in [5.41, 5.74) is 2.97. The summed E-state index contributed by atoms with van der Waals surface area (Å²) >= 11 is 0. The van der Waals surface area contributed by atoms with E-state index >= 15 is 0 Å². The van der Waals surface area contributed by atoms with Crippen LogP contribution in [0.3, 0.4) is 0 Å². The maximum atomic E-state index is 12.9. The minimum Gasteiger partial charge on any atom is -0.310 e. The Morgan fingerprint density at radius 3 is 2.00 bits per heavy atom. The summed E-state index contributed by atoms with van der Waals surface area (Å²) in [6.45, 7) is 4.30. The van der Waals surface area contributed by atoms with Crippen molar-refractivity contribution >= 4 is 11.6 Å². The van der Waals surface area contributed by atoms with Crippen LogP contribution in [0.5, 0.6) is 0 Å². The molecule has 1 unspecified atom stereocenters. The molecule has 0 heterocycles. The van der Waals surface area contributed by atoms with E-state index < -0.39 is 0 Å². The van der Waals surface area contributed by atoms with Gasteiger partial charge in [0.05, 0.1) is 0 Å². The largest absolute Gasteiger partial charge is 0.310 e. The Bertz CT molecular complexity index is 803. The lowest BCUT2D eigenvalue weighted by Crippen LogP contribution is -2.39. The summed E-state index contributed by atoms with van der Waals surface area (Å²) < 4.78 is 0. The van der Waals surface area contributed by atoms with Gasteiger partial charge < -0.3 is 5.32 Å². The average Bonchev–Trinajstić information content (AvgIpc) is 2.64. The minimum atomic E-state index is -0.163. The first kappa shape index (κ1) is 16.6. The fourth-order valence-corrected chi connectivity index (χ4v) is 3.80. The van der Waals surface area contributed by atoms with Crippen molar-refractivity contribution in [3.8, 4) is 0 Å². The van der Waals surface area contributed by atoms with Crippen molar-refractivity contribution < 1.29 is 9.59 Å². The summed E-state index contributed by atoms with van der Waals surface area (Å²) in [5, 5.41) is 3.44. The number of hydrogen-bond acceptors (Lipinski definition) is 3. The van der Waals surface area contributed by atoms with Crippen LogP contribution in [0, 0.1) is 0 Å². The van der Waals surface area contributed by atoms with Crippen LogP contribution in [0.2, 0.25) is 0 Å². The number of benzene rings is 2. The third-order valence-electron chi connectivity index (χ3n) is 5.24. The Morgan fingerprint density at radius 2 is 1.46 bits per heavy atom. The molecular weight excluding hydrogens is 298 g/mol. The van der Waals surface area contributed by atoms with Crippen LogP contribution in [0.25, 0.3) is 0 Å². The Labute approximate surface area is 143 Å². The average molecular weight is 321 g/mol. The summed E-state index contributed by atoms with van der Waals surface area (Å²) in [5.74, 6) is -0.117. The van der Waals surface area contributed by atoms with Gasteiger partial charge in [0, 0.05) is 27.8 Å². The topological polar surface area (TPSA) is 46.2 Å². The van der Waals surface area contributed by atoms with E-state index in [1.54, 1.807) is 24.3 Å². The van der Waals surface area contributed by atoms with Crippen molar-refractivity contribution in [1.82, 2.24) is 5.32 Å². The minimum absolute atomic E-state index is 0.0559. The highest BCUT2D eigenvalue weighted by atomic mass is 16.1. The van der Waals surface area contributed by atoms with Crippen LogP contribution in [-0.2, 0) is 5.54 Å². The second-order valence-corrected chi connectivity index (χ2v) is 6.40. The Morgan fingerprint density at radius 1 is 0.875 bits per heavy atom. The Balaban J connectivity index is 2.15. The van der Waals surface area contributed by atoms with Gasteiger partial charge in [-0.2, -0.15) is 0 Å². The number of hydrogen-bond donors (Lipinski definition) is 1. The highest BCUT2D eigenvalue weighted by Gasteiger charge is 2.33.